The summed E-state index contributed by atoms with van der Waals surface area (Å²) in [4.78, 5) is 74.0. The van der Waals surface area contributed by atoms with E-state index in [-0.39, 0.29) is 35.5 Å². The number of rotatable bonds is 6. The lowest BCUT2D eigenvalue weighted by Gasteiger charge is -2.50. The zero-order valence-electron chi connectivity index (χ0n) is 28.0. The molecule has 2 N–H and O–H groups in total. The number of hydrazine groups is 1. The standard InChI is InChI=1S/C38H26Cl2F3N5O7/c39-20-10-8-18(9-11-20)37-27(34(51)47(36(37)53)45-32-28(40)14-19(17-44-32)38(41,42)43)16-26-23(31(37)24-6-1-2-7-29(24)49)12-13-25-30(26)35(52)46(33(25)50)21-4-3-5-22(15-21)48(54)55/h1-12,14-15,17,25-27,30-31,49H,13,16H2,(H,44,45)/t25-,26+,27-,30-,31+,37+/m0/s1. The first-order chi connectivity index (χ1) is 26.1. The van der Waals surface area contributed by atoms with Crippen molar-refractivity contribution in [3.8, 4) is 5.75 Å². The Morgan fingerprint density at radius 2 is 1.65 bits per heavy atom. The number of nitro groups is 1. The minimum absolute atomic E-state index is 0.00661. The fourth-order valence-corrected chi connectivity index (χ4v) is 9.19. The van der Waals surface area contributed by atoms with Gasteiger partial charge in [-0.05, 0) is 54.7 Å². The van der Waals surface area contributed by atoms with Gasteiger partial charge >= 0.3 is 6.18 Å². The van der Waals surface area contributed by atoms with E-state index in [4.69, 9.17) is 23.2 Å². The molecule has 280 valence electrons. The number of anilines is 2. The van der Waals surface area contributed by atoms with Crippen LogP contribution >= 0.6 is 23.2 Å². The number of aromatic hydroxyl groups is 1. The number of carbonyl (C=O) groups is 4. The molecule has 6 atom stereocenters. The zero-order valence-corrected chi connectivity index (χ0v) is 29.5. The lowest BCUT2D eigenvalue weighted by atomic mass is 9.49. The summed E-state index contributed by atoms with van der Waals surface area (Å²) >= 11 is 12.5. The molecule has 12 nitrogen and oxygen atoms in total. The first-order valence-electron chi connectivity index (χ1n) is 16.9. The number of hydrogen-bond acceptors (Lipinski definition) is 9. The Kier molecular flexibility index (Phi) is 8.50. The molecule has 1 saturated carbocycles. The van der Waals surface area contributed by atoms with E-state index in [0.29, 0.717) is 33.4 Å². The lowest BCUT2D eigenvalue weighted by molar-refractivity contribution is -0.384. The Hall–Kier alpha value is -5.80. The quantitative estimate of drug-likeness (QED) is 0.0889. The molecular weight excluding hydrogens is 766 g/mol. The van der Waals surface area contributed by atoms with Crippen LogP contribution in [0.5, 0.6) is 5.75 Å². The van der Waals surface area contributed by atoms with Gasteiger partial charge in [-0.25, -0.2) is 9.88 Å². The van der Waals surface area contributed by atoms with E-state index < -0.39 is 86.1 Å². The number of pyridine rings is 1. The molecule has 4 amide bonds. The third-order valence-electron chi connectivity index (χ3n) is 11.1. The molecular formula is C38H26Cl2F3N5O7. The number of imide groups is 2. The van der Waals surface area contributed by atoms with Crippen molar-refractivity contribution >= 4 is 64.0 Å². The van der Waals surface area contributed by atoms with Crippen LogP contribution in [0.25, 0.3) is 0 Å². The lowest BCUT2D eigenvalue weighted by Crippen LogP contribution is -2.53. The molecule has 0 bridgehead atoms. The monoisotopic (exact) mass is 791 g/mol. The summed E-state index contributed by atoms with van der Waals surface area (Å²) in [5.41, 5.74) is 0.286. The molecule has 3 fully saturated rings. The fraction of sp³-hybridized carbons (Fsp3) is 0.237. The highest BCUT2D eigenvalue weighted by atomic mass is 35.5. The van der Waals surface area contributed by atoms with E-state index in [1.54, 1.807) is 36.4 Å². The smallest absolute Gasteiger partial charge is 0.417 e. The number of phenolic OH excluding ortho intramolecular Hbond substituents is 1. The Balaban J connectivity index is 1.30. The predicted molar refractivity (Wildman–Crippen MR) is 191 cm³/mol. The van der Waals surface area contributed by atoms with Crippen LogP contribution in [0.3, 0.4) is 0 Å². The van der Waals surface area contributed by atoms with Gasteiger partial charge in [-0.2, -0.15) is 18.2 Å². The van der Waals surface area contributed by atoms with Gasteiger partial charge in [0.25, 0.3) is 17.5 Å². The van der Waals surface area contributed by atoms with Crippen LogP contribution in [0.1, 0.15) is 35.4 Å². The Bertz CT molecular complexity index is 2370. The van der Waals surface area contributed by atoms with Crippen molar-refractivity contribution in [1.29, 1.82) is 0 Å². The highest BCUT2D eigenvalue weighted by molar-refractivity contribution is 6.33. The number of carbonyl (C=O) groups excluding carboxylic acids is 4. The summed E-state index contributed by atoms with van der Waals surface area (Å²) in [5, 5.41) is 23.4. The van der Waals surface area contributed by atoms with E-state index in [9.17, 15) is 42.8 Å². The van der Waals surface area contributed by atoms with Crippen molar-refractivity contribution < 1.29 is 42.4 Å². The number of halogens is 5. The van der Waals surface area contributed by atoms with Gasteiger partial charge in [0.1, 0.15) is 5.75 Å². The van der Waals surface area contributed by atoms with Crippen molar-refractivity contribution in [2.24, 2.45) is 23.7 Å². The Labute approximate surface area is 319 Å². The van der Waals surface area contributed by atoms with Crippen LogP contribution in [0, 0.1) is 33.8 Å². The average molecular weight is 793 g/mol. The van der Waals surface area contributed by atoms with Crippen LogP contribution in [0.2, 0.25) is 10.0 Å². The number of hydrogen-bond donors (Lipinski definition) is 2. The first-order valence-corrected chi connectivity index (χ1v) is 17.6. The van der Waals surface area contributed by atoms with Gasteiger partial charge in [-0.1, -0.05) is 71.2 Å². The average Bonchev–Trinajstić information content (AvgIpc) is 3.53. The number of amides is 4. The largest absolute Gasteiger partial charge is 0.508 e. The summed E-state index contributed by atoms with van der Waals surface area (Å²) in [6, 6.07) is 18.1. The number of nitrogens with one attached hydrogen (secondary N) is 1. The van der Waals surface area contributed by atoms with Gasteiger partial charge in [-0.3, -0.25) is 34.7 Å². The summed E-state index contributed by atoms with van der Waals surface area (Å²) in [6.07, 6.45) is -2.65. The van der Waals surface area contributed by atoms with E-state index in [1.165, 1.54) is 36.4 Å². The highest BCUT2D eigenvalue weighted by Gasteiger charge is 2.70. The molecule has 4 aliphatic rings. The molecule has 0 spiro atoms. The number of allylic oxidation sites excluding steroid dienone is 2. The Morgan fingerprint density at radius 3 is 2.33 bits per heavy atom. The maximum Gasteiger partial charge on any atom is 0.417 e. The second-order valence-corrected chi connectivity index (χ2v) is 14.6. The van der Waals surface area contributed by atoms with Crippen LogP contribution < -0.4 is 10.3 Å². The number of nitro benzene ring substituents is 1. The zero-order chi connectivity index (χ0) is 39.1. The predicted octanol–water partition coefficient (Wildman–Crippen LogP) is 7.21. The van der Waals surface area contributed by atoms with Gasteiger partial charge in [0.05, 0.1) is 44.4 Å². The fourth-order valence-electron chi connectivity index (χ4n) is 8.86. The topological polar surface area (TPSA) is 163 Å². The summed E-state index contributed by atoms with van der Waals surface area (Å²) in [5.74, 6) is -8.78. The molecule has 55 heavy (non-hydrogen) atoms. The third-order valence-corrected chi connectivity index (χ3v) is 11.6. The molecule has 2 aliphatic heterocycles. The maximum absolute atomic E-state index is 15.2. The molecule has 17 heteroatoms. The molecule has 1 aromatic heterocycles. The van der Waals surface area contributed by atoms with Crippen LogP contribution in [0.4, 0.5) is 30.4 Å². The van der Waals surface area contributed by atoms with Crippen LogP contribution in [-0.2, 0) is 30.8 Å². The van der Waals surface area contributed by atoms with E-state index in [0.717, 1.165) is 11.0 Å². The van der Waals surface area contributed by atoms with Gasteiger partial charge in [0, 0.05) is 34.8 Å². The molecule has 3 heterocycles. The van der Waals surface area contributed by atoms with Gasteiger partial charge in [0.15, 0.2) is 5.82 Å². The highest BCUT2D eigenvalue weighted by Crippen LogP contribution is 2.65. The van der Waals surface area contributed by atoms with E-state index in [2.05, 4.69) is 10.4 Å². The molecule has 2 aliphatic carbocycles. The molecule has 2 saturated heterocycles. The minimum Gasteiger partial charge on any atom is -0.508 e. The van der Waals surface area contributed by atoms with Crippen molar-refractivity contribution in [3.05, 3.63) is 134 Å². The Morgan fingerprint density at radius 1 is 0.927 bits per heavy atom. The van der Waals surface area contributed by atoms with Gasteiger partial charge < -0.3 is 5.11 Å². The molecule has 8 rings (SSSR count). The molecule has 0 radical (unpaired) electrons. The van der Waals surface area contributed by atoms with Crippen molar-refractivity contribution in [2.45, 2.75) is 30.4 Å². The number of fused-ring (bicyclic) bond motifs is 4. The number of alkyl halides is 3. The molecule has 4 aromatic rings. The number of non-ortho nitro benzene ring substituents is 1. The molecule has 3 aromatic carbocycles. The van der Waals surface area contributed by atoms with Crippen molar-refractivity contribution in [2.75, 3.05) is 10.3 Å². The number of benzene rings is 3. The third kappa shape index (κ3) is 5.47. The second-order valence-electron chi connectivity index (χ2n) is 13.8. The van der Waals surface area contributed by atoms with E-state index >= 15 is 4.79 Å². The van der Waals surface area contributed by atoms with E-state index in [1.807, 2.05) is 0 Å². The molecule has 0 unspecified atom stereocenters. The van der Waals surface area contributed by atoms with Gasteiger partial charge in [0.2, 0.25) is 11.8 Å². The maximum atomic E-state index is 15.2. The van der Waals surface area contributed by atoms with Gasteiger partial charge in [-0.15, -0.1) is 0 Å². The SMILES string of the molecule is O=C1[C@@H]2C[C@@H]3C(=CC[C@@H]4C(=O)N(c5cccc([N+](=O)[O-])c5)C(=O)[C@@H]43)[C@H](c3ccccc3O)[C@]2(c2ccc(Cl)cc2)C(=O)N1Nc1ncc(C(F)(F)F)cc1Cl. The first kappa shape index (κ1) is 36.2. The minimum atomic E-state index is -4.78. The number of aromatic nitrogens is 1. The number of para-hydroxylation sites is 1. The van der Waals surface area contributed by atoms with Crippen LogP contribution in [0.15, 0.2) is 96.7 Å². The van der Waals surface area contributed by atoms with Crippen LogP contribution in [-0.4, -0.2) is 43.7 Å². The number of phenols is 1. The normalized spacial score (nSPS) is 26.1. The summed E-state index contributed by atoms with van der Waals surface area (Å²) in [7, 11) is 0. The summed E-state index contributed by atoms with van der Waals surface area (Å²) < 4.78 is 40.3. The number of nitrogens with zero attached hydrogens (tertiary/aromatic N) is 4. The van der Waals surface area contributed by atoms with Crippen molar-refractivity contribution in [1.82, 2.24) is 9.99 Å². The second kappa shape index (κ2) is 12.9. The van der Waals surface area contributed by atoms with Crippen molar-refractivity contribution in [3.63, 3.8) is 0 Å². The summed E-state index contributed by atoms with van der Waals surface area (Å²) in [6.45, 7) is 0.